The molecule has 0 spiro atoms. The Morgan fingerprint density at radius 1 is 1.38 bits per heavy atom. The Hall–Kier alpha value is -0.0800. The van der Waals surface area contributed by atoms with Gasteiger partial charge in [-0.15, -0.1) is 0 Å². The largest absolute Gasteiger partial charge is 0.316 e. The molecule has 0 radical (unpaired) electrons. The van der Waals surface area contributed by atoms with Crippen LogP contribution in [0.1, 0.15) is 26.7 Å². The van der Waals surface area contributed by atoms with E-state index >= 15 is 0 Å². The number of rotatable bonds is 5. The molecule has 13 heavy (non-hydrogen) atoms. The van der Waals surface area contributed by atoms with E-state index in [0.717, 1.165) is 11.8 Å². The highest BCUT2D eigenvalue weighted by molar-refractivity contribution is 4.79. The first kappa shape index (κ1) is 11.0. The normalized spacial score (nSPS) is 28.6. The van der Waals surface area contributed by atoms with Crippen molar-refractivity contribution in [3.05, 3.63) is 0 Å². The van der Waals surface area contributed by atoms with E-state index in [9.17, 15) is 0 Å². The van der Waals surface area contributed by atoms with Crippen LogP contribution in [0.3, 0.4) is 0 Å². The lowest BCUT2D eigenvalue weighted by Gasteiger charge is -2.22. The van der Waals surface area contributed by atoms with Crippen LogP contribution < -0.4 is 5.32 Å². The predicted molar refractivity (Wildman–Crippen MR) is 57.9 cm³/mol. The number of hydrogen-bond donors (Lipinski definition) is 1. The van der Waals surface area contributed by atoms with Crippen molar-refractivity contribution in [1.29, 1.82) is 0 Å². The third-order valence-corrected chi connectivity index (χ3v) is 3.12. The third kappa shape index (κ3) is 3.65. The van der Waals surface area contributed by atoms with Crippen LogP contribution in [0, 0.1) is 11.8 Å². The molecule has 0 aromatic heterocycles. The Morgan fingerprint density at radius 3 is 2.69 bits per heavy atom. The SMILES string of the molecule is CCCCN(C)CC1CNCC1C. The van der Waals surface area contributed by atoms with Crippen LogP contribution >= 0.6 is 0 Å². The summed E-state index contributed by atoms with van der Waals surface area (Å²) in [7, 11) is 2.25. The van der Waals surface area contributed by atoms with Crippen molar-refractivity contribution in [2.45, 2.75) is 26.7 Å². The molecular formula is C11H24N2. The quantitative estimate of drug-likeness (QED) is 0.698. The number of nitrogens with one attached hydrogen (secondary N) is 1. The second-order valence-electron chi connectivity index (χ2n) is 4.51. The van der Waals surface area contributed by atoms with E-state index in [1.54, 1.807) is 0 Å². The summed E-state index contributed by atoms with van der Waals surface area (Å²) in [4.78, 5) is 2.48. The molecule has 0 aromatic rings. The van der Waals surface area contributed by atoms with Gasteiger partial charge >= 0.3 is 0 Å². The van der Waals surface area contributed by atoms with Crippen molar-refractivity contribution < 1.29 is 0 Å². The lowest BCUT2D eigenvalue weighted by molar-refractivity contribution is 0.256. The van der Waals surface area contributed by atoms with Crippen LogP contribution in [0.15, 0.2) is 0 Å². The Morgan fingerprint density at radius 2 is 2.15 bits per heavy atom. The minimum absolute atomic E-state index is 0.865. The summed E-state index contributed by atoms with van der Waals surface area (Å²) < 4.78 is 0. The van der Waals surface area contributed by atoms with E-state index in [0.29, 0.717) is 0 Å². The van der Waals surface area contributed by atoms with Crippen molar-refractivity contribution in [1.82, 2.24) is 10.2 Å². The molecule has 0 aromatic carbocycles. The lowest BCUT2D eigenvalue weighted by atomic mass is 9.98. The maximum Gasteiger partial charge on any atom is 0.00218 e. The first-order valence-corrected chi connectivity index (χ1v) is 5.63. The van der Waals surface area contributed by atoms with Gasteiger partial charge in [0.2, 0.25) is 0 Å². The van der Waals surface area contributed by atoms with E-state index in [1.807, 2.05) is 0 Å². The van der Waals surface area contributed by atoms with Crippen LogP contribution in [0.4, 0.5) is 0 Å². The second-order valence-corrected chi connectivity index (χ2v) is 4.51. The van der Waals surface area contributed by atoms with Crippen molar-refractivity contribution >= 4 is 0 Å². The zero-order valence-electron chi connectivity index (χ0n) is 9.34. The summed E-state index contributed by atoms with van der Waals surface area (Å²) in [6.07, 6.45) is 2.65. The van der Waals surface area contributed by atoms with E-state index in [-0.39, 0.29) is 0 Å². The number of unbranched alkanes of at least 4 members (excludes halogenated alkanes) is 1. The smallest absolute Gasteiger partial charge is 0.00218 e. The van der Waals surface area contributed by atoms with E-state index < -0.39 is 0 Å². The first-order valence-electron chi connectivity index (χ1n) is 5.63. The van der Waals surface area contributed by atoms with E-state index in [2.05, 4.69) is 31.1 Å². The number of hydrogen-bond acceptors (Lipinski definition) is 2. The van der Waals surface area contributed by atoms with E-state index in [4.69, 9.17) is 0 Å². The summed E-state index contributed by atoms with van der Waals surface area (Å²) in [5.74, 6) is 1.74. The minimum atomic E-state index is 0.865. The fraction of sp³-hybridized carbons (Fsp3) is 1.00. The average Bonchev–Trinajstić information content (AvgIpc) is 2.48. The summed E-state index contributed by atoms with van der Waals surface area (Å²) in [6, 6.07) is 0. The molecule has 2 nitrogen and oxygen atoms in total. The van der Waals surface area contributed by atoms with Gasteiger partial charge < -0.3 is 10.2 Å². The maximum atomic E-state index is 3.46. The van der Waals surface area contributed by atoms with Gasteiger partial charge in [0.25, 0.3) is 0 Å². The van der Waals surface area contributed by atoms with Crippen molar-refractivity contribution in [2.75, 3.05) is 33.2 Å². The highest BCUT2D eigenvalue weighted by Gasteiger charge is 2.23. The predicted octanol–water partition coefficient (Wildman–Crippen LogP) is 1.57. The summed E-state index contributed by atoms with van der Waals surface area (Å²) in [6.45, 7) is 9.59. The first-order chi connectivity index (χ1) is 6.24. The van der Waals surface area contributed by atoms with Gasteiger partial charge in [-0.2, -0.15) is 0 Å². The second kappa shape index (κ2) is 5.61. The maximum absolute atomic E-state index is 3.46. The van der Waals surface area contributed by atoms with Crippen molar-refractivity contribution in [3.63, 3.8) is 0 Å². The van der Waals surface area contributed by atoms with Crippen LogP contribution in [0.5, 0.6) is 0 Å². The van der Waals surface area contributed by atoms with Gasteiger partial charge in [0, 0.05) is 6.54 Å². The third-order valence-electron chi connectivity index (χ3n) is 3.12. The van der Waals surface area contributed by atoms with Crippen LogP contribution in [-0.2, 0) is 0 Å². The summed E-state index contributed by atoms with van der Waals surface area (Å²) >= 11 is 0. The standard InChI is InChI=1S/C11H24N2/c1-4-5-6-13(3)9-11-8-12-7-10(11)2/h10-12H,4-9H2,1-3H3. The molecule has 1 aliphatic heterocycles. The van der Waals surface area contributed by atoms with Crippen LogP contribution in [0.25, 0.3) is 0 Å². The van der Waals surface area contributed by atoms with Gasteiger partial charge in [0.05, 0.1) is 0 Å². The molecule has 78 valence electrons. The van der Waals surface area contributed by atoms with Gasteiger partial charge in [-0.1, -0.05) is 20.3 Å². The Balaban J connectivity index is 2.15. The molecule has 1 N–H and O–H groups in total. The average molecular weight is 184 g/mol. The summed E-state index contributed by atoms with van der Waals surface area (Å²) in [5.41, 5.74) is 0. The molecule has 0 aliphatic carbocycles. The van der Waals surface area contributed by atoms with Crippen molar-refractivity contribution in [3.8, 4) is 0 Å². The highest BCUT2D eigenvalue weighted by atomic mass is 15.1. The molecule has 2 heteroatoms. The molecule has 1 heterocycles. The fourth-order valence-corrected chi connectivity index (χ4v) is 2.03. The fourth-order valence-electron chi connectivity index (χ4n) is 2.03. The van der Waals surface area contributed by atoms with Gasteiger partial charge in [-0.3, -0.25) is 0 Å². The van der Waals surface area contributed by atoms with Crippen molar-refractivity contribution in [2.24, 2.45) is 11.8 Å². The van der Waals surface area contributed by atoms with E-state index in [1.165, 1.54) is 39.0 Å². The van der Waals surface area contributed by atoms with Crippen LogP contribution in [0.2, 0.25) is 0 Å². The minimum Gasteiger partial charge on any atom is -0.316 e. The molecule has 0 amide bonds. The van der Waals surface area contributed by atoms with Crippen LogP contribution in [-0.4, -0.2) is 38.1 Å². The molecule has 1 saturated heterocycles. The monoisotopic (exact) mass is 184 g/mol. The molecule has 1 fully saturated rings. The Kier molecular flexibility index (Phi) is 4.74. The molecule has 0 saturated carbocycles. The van der Waals surface area contributed by atoms with Gasteiger partial charge in [-0.25, -0.2) is 0 Å². The molecule has 1 rings (SSSR count). The number of nitrogens with zero attached hydrogens (tertiary/aromatic N) is 1. The molecule has 2 unspecified atom stereocenters. The molecular weight excluding hydrogens is 160 g/mol. The zero-order valence-corrected chi connectivity index (χ0v) is 9.34. The topological polar surface area (TPSA) is 15.3 Å². The highest BCUT2D eigenvalue weighted by Crippen LogP contribution is 2.16. The van der Waals surface area contributed by atoms with Gasteiger partial charge in [-0.05, 0) is 44.9 Å². The summed E-state index contributed by atoms with van der Waals surface area (Å²) in [5, 5.41) is 3.46. The van der Waals surface area contributed by atoms with Gasteiger partial charge in [0.15, 0.2) is 0 Å². The Labute approximate surface area is 82.7 Å². The molecule has 2 atom stereocenters. The molecule has 0 bridgehead atoms. The Bertz CT molecular complexity index is 136. The van der Waals surface area contributed by atoms with Gasteiger partial charge in [0.1, 0.15) is 0 Å². The lowest BCUT2D eigenvalue weighted by Crippen LogP contribution is -2.29. The zero-order chi connectivity index (χ0) is 9.68. The molecule has 1 aliphatic rings.